The van der Waals surface area contributed by atoms with Crippen molar-refractivity contribution in [3.05, 3.63) is 65.2 Å². The van der Waals surface area contributed by atoms with Crippen LogP contribution >= 0.6 is 0 Å². The van der Waals surface area contributed by atoms with Crippen LogP contribution in [0.2, 0.25) is 0 Å². The number of nitrogens with one attached hydrogen (secondary N) is 1. The molecule has 0 saturated heterocycles. The molecule has 20 heavy (non-hydrogen) atoms. The van der Waals surface area contributed by atoms with Crippen molar-refractivity contribution in [1.82, 2.24) is 4.90 Å². The van der Waals surface area contributed by atoms with Gasteiger partial charge in [0.15, 0.2) is 0 Å². The van der Waals surface area contributed by atoms with Crippen LogP contribution in [0.5, 0.6) is 0 Å². The number of nitrogens with zero attached hydrogens (tertiary/aromatic N) is 2. The van der Waals surface area contributed by atoms with Gasteiger partial charge in [0.05, 0.1) is 11.6 Å². The minimum absolute atomic E-state index is 0.696. The van der Waals surface area contributed by atoms with E-state index in [4.69, 9.17) is 5.26 Å². The summed E-state index contributed by atoms with van der Waals surface area (Å²) >= 11 is 0. The van der Waals surface area contributed by atoms with E-state index in [-0.39, 0.29) is 0 Å². The maximum absolute atomic E-state index is 8.79. The third-order valence-corrected chi connectivity index (χ3v) is 3.07. The lowest BCUT2D eigenvalue weighted by Crippen LogP contribution is -2.12. The predicted molar refractivity (Wildman–Crippen MR) is 82.3 cm³/mol. The van der Waals surface area contributed by atoms with Gasteiger partial charge in [-0.25, -0.2) is 0 Å². The molecular weight excluding hydrogens is 246 g/mol. The van der Waals surface area contributed by atoms with Crippen LogP contribution in [0.4, 0.5) is 5.69 Å². The van der Waals surface area contributed by atoms with Crippen molar-refractivity contribution >= 4 is 5.69 Å². The van der Waals surface area contributed by atoms with E-state index in [9.17, 15) is 0 Å². The predicted octanol–water partition coefficient (Wildman–Crippen LogP) is 3.23. The molecule has 0 unspecified atom stereocenters. The number of nitriles is 1. The largest absolute Gasteiger partial charge is 0.381 e. The van der Waals surface area contributed by atoms with E-state index in [1.165, 1.54) is 11.1 Å². The van der Waals surface area contributed by atoms with Gasteiger partial charge in [-0.3, -0.25) is 0 Å². The number of anilines is 1. The fourth-order valence-corrected chi connectivity index (χ4v) is 2.07. The Balaban J connectivity index is 2.04. The number of benzene rings is 2. The Morgan fingerprint density at radius 2 is 1.75 bits per heavy atom. The maximum atomic E-state index is 8.79. The Morgan fingerprint density at radius 1 is 1.05 bits per heavy atom. The molecule has 0 aliphatic carbocycles. The van der Waals surface area contributed by atoms with Gasteiger partial charge in [-0.05, 0) is 43.4 Å². The minimum Gasteiger partial charge on any atom is -0.381 e. The smallest absolute Gasteiger partial charge is 0.0991 e. The SMILES string of the molecule is CN(C)Cc1ccccc1NCc1ccc(C#N)cc1. The molecule has 0 aromatic heterocycles. The van der Waals surface area contributed by atoms with E-state index in [0.29, 0.717) is 5.56 Å². The quantitative estimate of drug-likeness (QED) is 0.902. The summed E-state index contributed by atoms with van der Waals surface area (Å²) in [5, 5.41) is 12.2. The molecule has 0 radical (unpaired) electrons. The Labute approximate surface area is 120 Å². The molecule has 0 aliphatic heterocycles. The van der Waals surface area contributed by atoms with Crippen LogP contribution < -0.4 is 5.32 Å². The van der Waals surface area contributed by atoms with E-state index in [1.807, 2.05) is 30.3 Å². The second-order valence-corrected chi connectivity index (χ2v) is 5.06. The summed E-state index contributed by atoms with van der Waals surface area (Å²) < 4.78 is 0. The van der Waals surface area contributed by atoms with Gasteiger partial charge < -0.3 is 10.2 Å². The molecule has 0 fully saturated rings. The molecule has 102 valence electrons. The monoisotopic (exact) mass is 265 g/mol. The number of para-hydroxylation sites is 1. The number of hydrogen-bond acceptors (Lipinski definition) is 3. The Morgan fingerprint density at radius 3 is 2.40 bits per heavy atom. The molecule has 3 nitrogen and oxygen atoms in total. The van der Waals surface area contributed by atoms with Gasteiger partial charge in [0, 0.05) is 18.8 Å². The van der Waals surface area contributed by atoms with Crippen LogP contribution in [0.1, 0.15) is 16.7 Å². The van der Waals surface area contributed by atoms with Crippen LogP contribution in [0.3, 0.4) is 0 Å². The molecule has 2 rings (SSSR count). The van der Waals surface area contributed by atoms with Crippen molar-refractivity contribution in [1.29, 1.82) is 5.26 Å². The molecule has 0 amide bonds. The van der Waals surface area contributed by atoms with Crippen molar-refractivity contribution in [2.24, 2.45) is 0 Å². The molecule has 0 bridgehead atoms. The zero-order chi connectivity index (χ0) is 14.4. The summed E-state index contributed by atoms with van der Waals surface area (Å²) in [6, 6.07) is 18.1. The molecule has 0 spiro atoms. The fourth-order valence-electron chi connectivity index (χ4n) is 2.07. The standard InChI is InChI=1S/C17H19N3/c1-20(2)13-16-5-3-4-6-17(16)19-12-15-9-7-14(11-18)8-10-15/h3-10,19H,12-13H2,1-2H3. The molecule has 2 aromatic rings. The van der Waals surface area contributed by atoms with Gasteiger partial charge in [-0.2, -0.15) is 5.26 Å². The molecule has 0 atom stereocenters. The lowest BCUT2D eigenvalue weighted by Gasteiger charge is -2.15. The Kier molecular flexibility index (Phi) is 4.75. The molecule has 1 N–H and O–H groups in total. The molecule has 0 aliphatic rings. The van der Waals surface area contributed by atoms with Gasteiger partial charge >= 0.3 is 0 Å². The third kappa shape index (κ3) is 3.84. The van der Waals surface area contributed by atoms with Crippen molar-refractivity contribution in [2.75, 3.05) is 19.4 Å². The normalized spacial score (nSPS) is 10.3. The number of hydrogen-bond donors (Lipinski definition) is 1. The lowest BCUT2D eigenvalue weighted by molar-refractivity contribution is 0.403. The zero-order valence-electron chi connectivity index (χ0n) is 11.9. The van der Waals surface area contributed by atoms with E-state index < -0.39 is 0 Å². The zero-order valence-corrected chi connectivity index (χ0v) is 11.9. The summed E-state index contributed by atoms with van der Waals surface area (Å²) in [5.41, 5.74) is 4.31. The van der Waals surface area contributed by atoms with Crippen LogP contribution in [0, 0.1) is 11.3 Å². The van der Waals surface area contributed by atoms with Crippen LogP contribution in [-0.2, 0) is 13.1 Å². The highest BCUT2D eigenvalue weighted by molar-refractivity contribution is 5.51. The fraction of sp³-hybridized carbons (Fsp3) is 0.235. The first-order chi connectivity index (χ1) is 9.69. The van der Waals surface area contributed by atoms with Gasteiger partial charge in [0.25, 0.3) is 0 Å². The highest BCUT2D eigenvalue weighted by Crippen LogP contribution is 2.17. The molecule has 0 saturated carbocycles. The Bertz CT molecular complexity index is 594. The average Bonchev–Trinajstić information content (AvgIpc) is 2.46. The van der Waals surface area contributed by atoms with Gasteiger partial charge in [-0.15, -0.1) is 0 Å². The van der Waals surface area contributed by atoms with Crippen molar-refractivity contribution in [3.8, 4) is 6.07 Å². The van der Waals surface area contributed by atoms with E-state index in [0.717, 1.165) is 18.8 Å². The Hall–Kier alpha value is -2.31. The highest BCUT2D eigenvalue weighted by atomic mass is 15.1. The van der Waals surface area contributed by atoms with Crippen molar-refractivity contribution in [3.63, 3.8) is 0 Å². The van der Waals surface area contributed by atoms with Crippen molar-refractivity contribution < 1.29 is 0 Å². The summed E-state index contributed by atoms with van der Waals surface area (Å²) in [6.07, 6.45) is 0. The van der Waals surface area contributed by atoms with E-state index >= 15 is 0 Å². The van der Waals surface area contributed by atoms with E-state index in [1.54, 1.807) is 0 Å². The molecule has 0 heterocycles. The van der Waals surface area contributed by atoms with Crippen LogP contribution in [-0.4, -0.2) is 19.0 Å². The first kappa shape index (κ1) is 14.1. The third-order valence-electron chi connectivity index (χ3n) is 3.07. The lowest BCUT2D eigenvalue weighted by atomic mass is 10.1. The summed E-state index contributed by atoms with van der Waals surface area (Å²) in [5.74, 6) is 0. The average molecular weight is 265 g/mol. The first-order valence-corrected chi connectivity index (χ1v) is 6.64. The minimum atomic E-state index is 0.696. The van der Waals surface area contributed by atoms with Crippen LogP contribution in [0.25, 0.3) is 0 Å². The van der Waals surface area contributed by atoms with Gasteiger partial charge in [0.1, 0.15) is 0 Å². The van der Waals surface area contributed by atoms with Gasteiger partial charge in [0.2, 0.25) is 0 Å². The first-order valence-electron chi connectivity index (χ1n) is 6.64. The topological polar surface area (TPSA) is 39.1 Å². The second kappa shape index (κ2) is 6.74. The molecule has 3 heteroatoms. The number of rotatable bonds is 5. The van der Waals surface area contributed by atoms with Crippen LogP contribution in [0.15, 0.2) is 48.5 Å². The summed E-state index contributed by atoms with van der Waals surface area (Å²) in [7, 11) is 4.13. The molecular formula is C17H19N3. The summed E-state index contributed by atoms with van der Waals surface area (Å²) in [6.45, 7) is 1.67. The summed E-state index contributed by atoms with van der Waals surface area (Å²) in [4.78, 5) is 2.15. The molecule has 2 aromatic carbocycles. The van der Waals surface area contributed by atoms with Crippen molar-refractivity contribution in [2.45, 2.75) is 13.1 Å². The maximum Gasteiger partial charge on any atom is 0.0991 e. The highest BCUT2D eigenvalue weighted by Gasteiger charge is 2.02. The van der Waals surface area contributed by atoms with Gasteiger partial charge in [-0.1, -0.05) is 30.3 Å². The van der Waals surface area contributed by atoms with E-state index in [2.05, 4.69) is 48.6 Å². The second-order valence-electron chi connectivity index (χ2n) is 5.06.